The molecule has 0 bridgehead atoms. The lowest BCUT2D eigenvalue weighted by atomic mass is 10.2. The van der Waals surface area contributed by atoms with Gasteiger partial charge in [0.05, 0.1) is 22.6 Å². The van der Waals surface area contributed by atoms with E-state index in [0.29, 0.717) is 16.4 Å². The molecule has 2 aromatic carbocycles. The Labute approximate surface area is 169 Å². The number of nitrogens with zero attached hydrogens (tertiary/aromatic N) is 2. The van der Waals surface area contributed by atoms with E-state index >= 15 is 0 Å². The molecule has 1 aliphatic rings. The van der Waals surface area contributed by atoms with Gasteiger partial charge in [0.1, 0.15) is 5.69 Å². The molecule has 0 aliphatic carbocycles. The second-order valence-electron chi connectivity index (χ2n) is 6.73. The standard InChI is InChI=1S/C22H21ClN4O/c23-19-5-1-2-6-20(19)26-22(28)21-12-9-17(15-24-21)25-16-7-10-18(11-8-16)27-13-3-4-14-27/h1-2,5-12,15,25H,3-4,13-14H2,(H,26,28). The van der Waals surface area contributed by atoms with Gasteiger partial charge in [0.2, 0.25) is 0 Å². The third-order valence-electron chi connectivity index (χ3n) is 4.75. The molecule has 6 heteroatoms. The third-order valence-corrected chi connectivity index (χ3v) is 5.07. The van der Waals surface area contributed by atoms with Crippen molar-refractivity contribution in [3.63, 3.8) is 0 Å². The van der Waals surface area contributed by atoms with E-state index in [0.717, 1.165) is 24.5 Å². The first kappa shape index (κ1) is 18.3. The molecule has 3 aromatic rings. The van der Waals surface area contributed by atoms with E-state index in [-0.39, 0.29) is 5.91 Å². The number of anilines is 4. The maximum atomic E-state index is 12.3. The third kappa shape index (κ3) is 4.26. The molecule has 1 aromatic heterocycles. The van der Waals surface area contributed by atoms with E-state index in [1.54, 1.807) is 24.4 Å². The van der Waals surface area contributed by atoms with Crippen LogP contribution in [-0.2, 0) is 0 Å². The van der Waals surface area contributed by atoms with Crippen LogP contribution in [0.2, 0.25) is 5.02 Å². The molecule has 4 rings (SSSR count). The molecule has 1 saturated heterocycles. The Bertz CT molecular complexity index is 951. The van der Waals surface area contributed by atoms with Gasteiger partial charge in [-0.3, -0.25) is 4.79 Å². The number of hydrogen-bond donors (Lipinski definition) is 2. The lowest BCUT2D eigenvalue weighted by Crippen LogP contribution is -2.17. The number of hydrogen-bond acceptors (Lipinski definition) is 4. The highest BCUT2D eigenvalue weighted by Gasteiger charge is 2.12. The molecule has 0 radical (unpaired) electrons. The molecule has 28 heavy (non-hydrogen) atoms. The SMILES string of the molecule is O=C(Nc1ccccc1Cl)c1ccc(Nc2ccc(N3CCCC3)cc2)cn1. The topological polar surface area (TPSA) is 57.3 Å². The summed E-state index contributed by atoms with van der Waals surface area (Å²) in [5, 5.41) is 6.58. The van der Waals surface area contributed by atoms with Crippen LogP contribution in [-0.4, -0.2) is 24.0 Å². The number of aromatic nitrogens is 1. The van der Waals surface area contributed by atoms with Crippen molar-refractivity contribution in [1.29, 1.82) is 0 Å². The van der Waals surface area contributed by atoms with Gasteiger partial charge in [-0.2, -0.15) is 0 Å². The van der Waals surface area contributed by atoms with Crippen molar-refractivity contribution >= 4 is 40.3 Å². The summed E-state index contributed by atoms with van der Waals surface area (Å²) < 4.78 is 0. The van der Waals surface area contributed by atoms with E-state index in [2.05, 4.69) is 44.8 Å². The van der Waals surface area contributed by atoms with E-state index in [9.17, 15) is 4.79 Å². The Morgan fingerprint density at radius 3 is 2.32 bits per heavy atom. The molecule has 0 spiro atoms. The van der Waals surface area contributed by atoms with Gasteiger partial charge in [-0.1, -0.05) is 23.7 Å². The zero-order valence-corrected chi connectivity index (χ0v) is 16.1. The zero-order valence-electron chi connectivity index (χ0n) is 15.4. The maximum absolute atomic E-state index is 12.3. The molecule has 142 valence electrons. The highest BCUT2D eigenvalue weighted by molar-refractivity contribution is 6.33. The minimum Gasteiger partial charge on any atom is -0.372 e. The second kappa shape index (κ2) is 8.31. The number of para-hydroxylation sites is 1. The fraction of sp³-hybridized carbons (Fsp3) is 0.182. The van der Waals surface area contributed by atoms with Gasteiger partial charge in [0.25, 0.3) is 5.91 Å². The minimum absolute atomic E-state index is 0.297. The van der Waals surface area contributed by atoms with Crippen molar-refractivity contribution in [2.45, 2.75) is 12.8 Å². The molecule has 1 aliphatic heterocycles. The van der Waals surface area contributed by atoms with Gasteiger partial charge in [-0.15, -0.1) is 0 Å². The van der Waals surface area contributed by atoms with Crippen molar-refractivity contribution in [3.05, 3.63) is 77.6 Å². The van der Waals surface area contributed by atoms with Gasteiger partial charge in [0, 0.05) is 24.5 Å². The minimum atomic E-state index is -0.297. The Morgan fingerprint density at radius 1 is 0.929 bits per heavy atom. The van der Waals surface area contributed by atoms with Crippen molar-refractivity contribution in [2.24, 2.45) is 0 Å². The highest BCUT2D eigenvalue weighted by Crippen LogP contribution is 2.24. The average Bonchev–Trinajstić information content (AvgIpc) is 3.26. The molecule has 1 fully saturated rings. The van der Waals surface area contributed by atoms with Crippen molar-refractivity contribution < 1.29 is 4.79 Å². The van der Waals surface area contributed by atoms with E-state index in [4.69, 9.17) is 11.6 Å². The number of carbonyl (C=O) groups is 1. The number of halogens is 1. The first-order chi connectivity index (χ1) is 13.7. The maximum Gasteiger partial charge on any atom is 0.274 e. The van der Waals surface area contributed by atoms with E-state index in [1.807, 2.05) is 18.2 Å². The van der Waals surface area contributed by atoms with Crippen LogP contribution in [0.1, 0.15) is 23.3 Å². The molecule has 5 nitrogen and oxygen atoms in total. The number of carbonyl (C=O) groups excluding carboxylic acids is 1. The van der Waals surface area contributed by atoms with Gasteiger partial charge < -0.3 is 15.5 Å². The quantitative estimate of drug-likeness (QED) is 0.616. The predicted octanol–water partition coefficient (Wildman–Crippen LogP) is 5.33. The van der Waals surface area contributed by atoms with Crippen LogP contribution in [0.15, 0.2) is 66.9 Å². The lowest BCUT2D eigenvalue weighted by molar-refractivity contribution is 0.102. The molecule has 0 atom stereocenters. The van der Waals surface area contributed by atoms with Crippen LogP contribution in [0, 0.1) is 0 Å². The summed E-state index contributed by atoms with van der Waals surface area (Å²) in [5.74, 6) is -0.297. The monoisotopic (exact) mass is 392 g/mol. The molecule has 0 saturated carbocycles. The van der Waals surface area contributed by atoms with Crippen molar-refractivity contribution in [1.82, 2.24) is 4.98 Å². The van der Waals surface area contributed by atoms with E-state index in [1.165, 1.54) is 18.5 Å². The first-order valence-electron chi connectivity index (χ1n) is 9.33. The summed E-state index contributed by atoms with van der Waals surface area (Å²) in [7, 11) is 0. The van der Waals surface area contributed by atoms with Gasteiger partial charge in [-0.25, -0.2) is 4.98 Å². The summed E-state index contributed by atoms with van der Waals surface area (Å²) >= 11 is 6.08. The van der Waals surface area contributed by atoms with Gasteiger partial charge in [0.15, 0.2) is 0 Å². The summed E-state index contributed by atoms with van der Waals surface area (Å²) in [5.41, 5.74) is 3.96. The van der Waals surface area contributed by atoms with Crippen LogP contribution in [0.4, 0.5) is 22.7 Å². The largest absolute Gasteiger partial charge is 0.372 e. The Balaban J connectivity index is 1.39. The number of amides is 1. The fourth-order valence-electron chi connectivity index (χ4n) is 3.25. The van der Waals surface area contributed by atoms with Crippen LogP contribution >= 0.6 is 11.6 Å². The average molecular weight is 393 g/mol. The van der Waals surface area contributed by atoms with Gasteiger partial charge >= 0.3 is 0 Å². The van der Waals surface area contributed by atoms with Gasteiger partial charge in [-0.05, 0) is 61.4 Å². The Hall–Kier alpha value is -3.05. The number of benzene rings is 2. The number of nitrogens with one attached hydrogen (secondary N) is 2. The lowest BCUT2D eigenvalue weighted by Gasteiger charge is -2.18. The summed E-state index contributed by atoms with van der Waals surface area (Å²) in [4.78, 5) is 19.0. The summed E-state index contributed by atoms with van der Waals surface area (Å²) in [6.45, 7) is 2.27. The molecule has 0 unspecified atom stereocenters. The Morgan fingerprint density at radius 2 is 1.64 bits per heavy atom. The van der Waals surface area contributed by atoms with Crippen molar-refractivity contribution in [2.75, 3.05) is 28.6 Å². The second-order valence-corrected chi connectivity index (χ2v) is 7.14. The zero-order chi connectivity index (χ0) is 19.3. The summed E-state index contributed by atoms with van der Waals surface area (Å²) in [6, 6.07) is 19.0. The number of rotatable bonds is 5. The number of pyridine rings is 1. The Kier molecular flexibility index (Phi) is 5.44. The molecular weight excluding hydrogens is 372 g/mol. The first-order valence-corrected chi connectivity index (χ1v) is 9.71. The predicted molar refractivity (Wildman–Crippen MR) is 115 cm³/mol. The molecule has 2 heterocycles. The fourth-order valence-corrected chi connectivity index (χ4v) is 3.43. The van der Waals surface area contributed by atoms with Crippen LogP contribution < -0.4 is 15.5 Å². The molecular formula is C22H21ClN4O. The normalized spacial score (nSPS) is 13.4. The summed E-state index contributed by atoms with van der Waals surface area (Å²) in [6.07, 6.45) is 4.18. The highest BCUT2D eigenvalue weighted by atomic mass is 35.5. The van der Waals surface area contributed by atoms with Crippen molar-refractivity contribution in [3.8, 4) is 0 Å². The molecule has 1 amide bonds. The van der Waals surface area contributed by atoms with Crippen LogP contribution in [0.5, 0.6) is 0 Å². The molecule has 2 N–H and O–H groups in total. The van der Waals surface area contributed by atoms with Crippen LogP contribution in [0.3, 0.4) is 0 Å². The van der Waals surface area contributed by atoms with Crippen LogP contribution in [0.25, 0.3) is 0 Å². The smallest absolute Gasteiger partial charge is 0.274 e. The van der Waals surface area contributed by atoms with E-state index < -0.39 is 0 Å².